The van der Waals surface area contributed by atoms with Crippen LogP contribution in [0.3, 0.4) is 0 Å². The average molecular weight is 313 g/mol. The van der Waals surface area contributed by atoms with Crippen molar-refractivity contribution in [1.82, 2.24) is 4.98 Å². The highest BCUT2D eigenvalue weighted by atomic mass is 16.1. The van der Waals surface area contributed by atoms with Gasteiger partial charge in [-0.2, -0.15) is 4.57 Å². The third-order valence-corrected chi connectivity index (χ3v) is 4.27. The number of benzene rings is 2. The lowest BCUT2D eigenvalue weighted by atomic mass is 9.99. The molecule has 4 rings (SSSR count). The normalized spacial score (nSPS) is 10.9. The van der Waals surface area contributed by atoms with Gasteiger partial charge >= 0.3 is 0 Å². The molecular weight excluding hydrogens is 296 g/mol. The molecule has 0 amide bonds. The predicted octanol–water partition coefficient (Wildman–Crippen LogP) is 3.69. The second-order valence-electron chi connectivity index (χ2n) is 5.84. The first-order valence-corrected chi connectivity index (χ1v) is 7.90. The maximum atomic E-state index is 12.3. The Labute approximate surface area is 139 Å². The second kappa shape index (κ2) is 5.78. The van der Waals surface area contributed by atoms with Crippen molar-refractivity contribution < 1.29 is 4.57 Å². The fraction of sp³-hybridized carbons (Fsp3) is 0.0476. The van der Waals surface area contributed by atoms with E-state index >= 15 is 0 Å². The monoisotopic (exact) mass is 313 g/mol. The lowest BCUT2D eigenvalue weighted by Crippen LogP contribution is -2.31. The molecule has 116 valence electrons. The number of aromatic amines is 1. The van der Waals surface area contributed by atoms with E-state index in [0.717, 1.165) is 33.3 Å². The Bertz CT molecular complexity index is 1070. The number of nitrogens with one attached hydrogen (secondary N) is 1. The standard InChI is InChI=1S/C21H16N2O/c1-23-13-12-17-18(15-8-4-2-5-9-15)14-19(24)22-20(17)21(23)16-10-6-3-7-11-16/h2-14H,1H3/p+1. The zero-order valence-corrected chi connectivity index (χ0v) is 13.4. The Balaban J connectivity index is 2.11. The van der Waals surface area contributed by atoms with Crippen molar-refractivity contribution in [1.29, 1.82) is 0 Å². The molecule has 2 aromatic carbocycles. The molecule has 3 nitrogen and oxygen atoms in total. The van der Waals surface area contributed by atoms with E-state index in [4.69, 9.17) is 0 Å². The van der Waals surface area contributed by atoms with E-state index in [9.17, 15) is 4.79 Å². The van der Waals surface area contributed by atoms with E-state index in [2.05, 4.69) is 23.2 Å². The molecule has 2 aromatic heterocycles. The average Bonchev–Trinajstić information content (AvgIpc) is 2.62. The fourth-order valence-corrected chi connectivity index (χ4v) is 3.17. The fourth-order valence-electron chi connectivity index (χ4n) is 3.17. The van der Waals surface area contributed by atoms with Crippen LogP contribution >= 0.6 is 0 Å². The van der Waals surface area contributed by atoms with Crippen LogP contribution in [0.5, 0.6) is 0 Å². The van der Waals surface area contributed by atoms with Gasteiger partial charge in [0.2, 0.25) is 11.3 Å². The Morgan fingerprint density at radius 1 is 0.833 bits per heavy atom. The Hall–Kier alpha value is -3.20. The van der Waals surface area contributed by atoms with E-state index in [1.54, 1.807) is 6.07 Å². The van der Waals surface area contributed by atoms with Gasteiger partial charge < -0.3 is 4.98 Å². The van der Waals surface area contributed by atoms with Crippen LogP contribution in [0.15, 0.2) is 83.8 Å². The van der Waals surface area contributed by atoms with Gasteiger partial charge in [0.15, 0.2) is 6.20 Å². The van der Waals surface area contributed by atoms with Crippen LogP contribution in [-0.4, -0.2) is 4.98 Å². The summed E-state index contributed by atoms with van der Waals surface area (Å²) in [4.78, 5) is 15.3. The SMILES string of the molecule is C[n+]1ccc2c(-c3ccccc3)cc(=O)[nH]c2c1-c1ccccc1. The third kappa shape index (κ3) is 2.40. The molecule has 0 saturated carbocycles. The maximum Gasteiger partial charge on any atom is 0.249 e. The summed E-state index contributed by atoms with van der Waals surface area (Å²) in [5.74, 6) is 0. The smallest absolute Gasteiger partial charge is 0.249 e. The van der Waals surface area contributed by atoms with Crippen LogP contribution in [0.4, 0.5) is 0 Å². The second-order valence-corrected chi connectivity index (χ2v) is 5.84. The van der Waals surface area contributed by atoms with Crippen LogP contribution < -0.4 is 10.1 Å². The first-order chi connectivity index (χ1) is 11.7. The molecule has 0 atom stereocenters. The predicted molar refractivity (Wildman–Crippen MR) is 96.6 cm³/mol. The van der Waals surface area contributed by atoms with E-state index < -0.39 is 0 Å². The zero-order valence-electron chi connectivity index (χ0n) is 13.4. The largest absolute Gasteiger partial charge is 0.316 e. The van der Waals surface area contributed by atoms with Gasteiger partial charge in [0.05, 0.1) is 0 Å². The number of aryl methyl sites for hydroxylation is 1. The van der Waals surface area contributed by atoms with Crippen molar-refractivity contribution in [2.75, 3.05) is 0 Å². The van der Waals surface area contributed by atoms with Crippen LogP contribution in [-0.2, 0) is 7.05 Å². The third-order valence-electron chi connectivity index (χ3n) is 4.27. The summed E-state index contributed by atoms with van der Waals surface area (Å²) < 4.78 is 2.04. The minimum Gasteiger partial charge on any atom is -0.316 e. The van der Waals surface area contributed by atoms with Gasteiger partial charge in [0.25, 0.3) is 0 Å². The van der Waals surface area contributed by atoms with Gasteiger partial charge in [-0.25, -0.2) is 0 Å². The van der Waals surface area contributed by atoms with Crippen molar-refractivity contribution in [2.45, 2.75) is 0 Å². The van der Waals surface area contributed by atoms with Gasteiger partial charge in [-0.15, -0.1) is 0 Å². The number of fused-ring (bicyclic) bond motifs is 1. The lowest BCUT2D eigenvalue weighted by Gasteiger charge is -2.09. The highest BCUT2D eigenvalue weighted by molar-refractivity contribution is 5.99. The molecule has 24 heavy (non-hydrogen) atoms. The van der Waals surface area contributed by atoms with Crippen molar-refractivity contribution in [3.63, 3.8) is 0 Å². The highest BCUT2D eigenvalue weighted by Gasteiger charge is 2.18. The number of H-pyrrole nitrogens is 1. The Morgan fingerprint density at radius 2 is 1.46 bits per heavy atom. The molecule has 3 heteroatoms. The number of hydrogen-bond donors (Lipinski definition) is 1. The quantitative estimate of drug-likeness (QED) is 0.563. The molecule has 0 fully saturated rings. The molecule has 0 aliphatic heterocycles. The molecule has 0 aliphatic carbocycles. The van der Waals surface area contributed by atoms with Gasteiger partial charge in [0, 0.05) is 23.1 Å². The number of nitrogens with zero attached hydrogens (tertiary/aromatic N) is 1. The summed E-state index contributed by atoms with van der Waals surface area (Å²) in [5, 5.41) is 1.04. The number of rotatable bonds is 2. The summed E-state index contributed by atoms with van der Waals surface area (Å²) in [6.07, 6.45) is 2.04. The summed E-state index contributed by atoms with van der Waals surface area (Å²) in [5.41, 5.74) is 4.84. The van der Waals surface area contributed by atoms with Crippen molar-refractivity contribution in [2.24, 2.45) is 7.05 Å². The summed E-state index contributed by atoms with van der Waals surface area (Å²) in [7, 11) is 2.00. The molecular formula is C21H17N2O+. The van der Waals surface area contributed by atoms with Crippen molar-refractivity contribution in [3.05, 3.63) is 89.3 Å². The van der Waals surface area contributed by atoms with Gasteiger partial charge in [-0.05, 0) is 23.3 Å². The highest BCUT2D eigenvalue weighted by Crippen LogP contribution is 2.29. The summed E-state index contributed by atoms with van der Waals surface area (Å²) >= 11 is 0. The minimum absolute atomic E-state index is 0.0928. The summed E-state index contributed by atoms with van der Waals surface area (Å²) in [6.45, 7) is 0. The number of hydrogen-bond acceptors (Lipinski definition) is 1. The maximum absolute atomic E-state index is 12.3. The van der Waals surface area contributed by atoms with Crippen LogP contribution in [0, 0.1) is 0 Å². The van der Waals surface area contributed by atoms with Gasteiger partial charge in [-0.1, -0.05) is 48.5 Å². The Kier molecular flexibility index (Phi) is 3.47. The van der Waals surface area contributed by atoms with Crippen molar-refractivity contribution in [3.8, 4) is 22.4 Å². The molecule has 0 unspecified atom stereocenters. The van der Waals surface area contributed by atoms with Crippen LogP contribution in [0.1, 0.15) is 0 Å². The molecule has 0 bridgehead atoms. The molecule has 1 N–H and O–H groups in total. The minimum atomic E-state index is -0.0928. The first-order valence-electron chi connectivity index (χ1n) is 7.90. The number of pyridine rings is 2. The molecule has 0 radical (unpaired) electrons. The zero-order chi connectivity index (χ0) is 16.5. The van der Waals surface area contributed by atoms with E-state index in [1.807, 2.05) is 66.3 Å². The first kappa shape index (κ1) is 14.4. The molecule has 2 heterocycles. The summed E-state index contributed by atoms with van der Waals surface area (Å²) in [6, 6.07) is 23.9. The molecule has 0 aliphatic rings. The topological polar surface area (TPSA) is 36.7 Å². The number of aromatic nitrogens is 2. The van der Waals surface area contributed by atoms with E-state index in [1.165, 1.54) is 0 Å². The molecule has 4 aromatic rings. The van der Waals surface area contributed by atoms with E-state index in [0.29, 0.717) is 0 Å². The lowest BCUT2D eigenvalue weighted by molar-refractivity contribution is -0.659. The van der Waals surface area contributed by atoms with Gasteiger partial charge in [0.1, 0.15) is 12.6 Å². The van der Waals surface area contributed by atoms with E-state index in [-0.39, 0.29) is 5.56 Å². The van der Waals surface area contributed by atoms with Crippen molar-refractivity contribution >= 4 is 10.9 Å². The van der Waals surface area contributed by atoms with Crippen LogP contribution in [0.2, 0.25) is 0 Å². The van der Waals surface area contributed by atoms with Gasteiger partial charge in [-0.3, -0.25) is 4.79 Å². The Morgan fingerprint density at radius 3 is 2.12 bits per heavy atom. The molecule has 0 saturated heterocycles. The molecule has 0 spiro atoms. The van der Waals surface area contributed by atoms with Crippen LogP contribution in [0.25, 0.3) is 33.3 Å².